The Morgan fingerprint density at radius 3 is 2.76 bits per heavy atom. The van der Waals surface area contributed by atoms with Crippen LogP contribution in [-0.2, 0) is 0 Å². The molecule has 17 heavy (non-hydrogen) atoms. The summed E-state index contributed by atoms with van der Waals surface area (Å²) in [7, 11) is 0. The molecule has 94 valence electrons. The van der Waals surface area contributed by atoms with E-state index >= 15 is 0 Å². The van der Waals surface area contributed by atoms with Crippen LogP contribution in [0.1, 0.15) is 33.1 Å². The van der Waals surface area contributed by atoms with Crippen molar-refractivity contribution in [3.05, 3.63) is 12.4 Å². The molecule has 1 aromatic heterocycles. The Morgan fingerprint density at radius 2 is 2.24 bits per heavy atom. The molecule has 0 atom stereocenters. The van der Waals surface area contributed by atoms with E-state index in [1.54, 1.807) is 0 Å². The highest BCUT2D eigenvalue weighted by atomic mass is 16.5. The molecule has 3 N–H and O–H groups in total. The monoisotopic (exact) mass is 236 g/mol. The molecule has 1 aliphatic carbocycles. The van der Waals surface area contributed by atoms with E-state index in [2.05, 4.69) is 15.3 Å². The van der Waals surface area contributed by atoms with Crippen molar-refractivity contribution in [1.29, 1.82) is 0 Å². The average molecular weight is 236 g/mol. The maximum absolute atomic E-state index is 5.80. The van der Waals surface area contributed by atoms with Gasteiger partial charge in [0.1, 0.15) is 12.1 Å². The first-order valence-corrected chi connectivity index (χ1v) is 6.10. The van der Waals surface area contributed by atoms with Crippen LogP contribution in [0.5, 0.6) is 5.88 Å². The highest BCUT2D eigenvalue weighted by Crippen LogP contribution is 2.34. The summed E-state index contributed by atoms with van der Waals surface area (Å²) in [6.07, 6.45) is 5.07. The first kappa shape index (κ1) is 12.1. The van der Waals surface area contributed by atoms with Crippen molar-refractivity contribution in [2.24, 2.45) is 5.73 Å². The molecule has 0 spiro atoms. The van der Waals surface area contributed by atoms with Gasteiger partial charge < -0.3 is 15.8 Å². The van der Waals surface area contributed by atoms with Crippen LogP contribution in [-0.4, -0.2) is 28.2 Å². The molecule has 0 saturated heterocycles. The van der Waals surface area contributed by atoms with Gasteiger partial charge in [-0.25, -0.2) is 9.97 Å². The lowest BCUT2D eigenvalue weighted by Crippen LogP contribution is -2.51. The zero-order valence-electron chi connectivity index (χ0n) is 10.4. The highest BCUT2D eigenvalue weighted by Gasteiger charge is 2.35. The molecular formula is C12H20N4O. The second kappa shape index (κ2) is 4.87. The molecule has 2 rings (SSSR count). The molecule has 1 heterocycles. The van der Waals surface area contributed by atoms with Gasteiger partial charge in [0.25, 0.3) is 0 Å². The molecule has 0 radical (unpaired) electrons. The Kier molecular flexibility index (Phi) is 3.47. The molecule has 1 saturated carbocycles. The summed E-state index contributed by atoms with van der Waals surface area (Å²) in [6, 6.07) is 1.83. The van der Waals surface area contributed by atoms with E-state index in [1.165, 1.54) is 12.7 Å². The van der Waals surface area contributed by atoms with Crippen LogP contribution >= 0.6 is 0 Å². The third-order valence-corrected chi connectivity index (χ3v) is 3.09. The van der Waals surface area contributed by atoms with Gasteiger partial charge in [-0.05, 0) is 33.1 Å². The Balaban J connectivity index is 2.05. The standard InChI is InChI=1S/C12H20N4O/c1-9(2)17-11-6-10(14-8-15-11)16-12(7-13)4-3-5-12/h6,8-9H,3-5,7,13H2,1-2H3,(H,14,15,16). The summed E-state index contributed by atoms with van der Waals surface area (Å²) >= 11 is 0. The zero-order valence-corrected chi connectivity index (χ0v) is 10.4. The Labute approximate surface area is 102 Å². The number of anilines is 1. The Hall–Kier alpha value is -1.36. The molecule has 5 nitrogen and oxygen atoms in total. The minimum absolute atomic E-state index is 0.0312. The van der Waals surface area contributed by atoms with Crippen molar-refractivity contribution in [2.75, 3.05) is 11.9 Å². The summed E-state index contributed by atoms with van der Waals surface area (Å²) in [5, 5.41) is 3.40. The van der Waals surface area contributed by atoms with Crippen molar-refractivity contribution in [1.82, 2.24) is 9.97 Å². The normalized spacial score (nSPS) is 17.6. The van der Waals surface area contributed by atoms with Crippen LogP contribution in [0.3, 0.4) is 0 Å². The topological polar surface area (TPSA) is 73.1 Å². The number of hydrogen-bond donors (Lipinski definition) is 2. The van der Waals surface area contributed by atoms with E-state index in [4.69, 9.17) is 10.5 Å². The maximum atomic E-state index is 5.80. The van der Waals surface area contributed by atoms with E-state index in [-0.39, 0.29) is 11.6 Å². The van der Waals surface area contributed by atoms with Crippen molar-refractivity contribution in [2.45, 2.75) is 44.8 Å². The summed E-state index contributed by atoms with van der Waals surface area (Å²) in [4.78, 5) is 8.28. The van der Waals surface area contributed by atoms with Gasteiger partial charge in [-0.15, -0.1) is 0 Å². The predicted octanol–water partition coefficient (Wildman–Crippen LogP) is 1.56. The minimum Gasteiger partial charge on any atom is -0.475 e. The van der Waals surface area contributed by atoms with E-state index in [1.807, 2.05) is 19.9 Å². The Bertz CT molecular complexity index is 371. The smallest absolute Gasteiger partial charge is 0.218 e. The van der Waals surface area contributed by atoms with Gasteiger partial charge in [0, 0.05) is 12.6 Å². The third kappa shape index (κ3) is 2.85. The molecule has 0 unspecified atom stereocenters. The van der Waals surface area contributed by atoms with Crippen molar-refractivity contribution < 1.29 is 4.74 Å². The predicted molar refractivity (Wildman–Crippen MR) is 67.1 cm³/mol. The fraction of sp³-hybridized carbons (Fsp3) is 0.667. The van der Waals surface area contributed by atoms with Gasteiger partial charge in [-0.3, -0.25) is 0 Å². The summed E-state index contributed by atoms with van der Waals surface area (Å²) in [5.41, 5.74) is 5.83. The lowest BCUT2D eigenvalue weighted by atomic mass is 9.77. The number of nitrogens with one attached hydrogen (secondary N) is 1. The number of nitrogens with two attached hydrogens (primary N) is 1. The van der Waals surface area contributed by atoms with Gasteiger partial charge in [0.05, 0.1) is 11.6 Å². The fourth-order valence-electron chi connectivity index (χ4n) is 1.97. The first-order chi connectivity index (χ1) is 8.13. The van der Waals surface area contributed by atoms with Gasteiger partial charge in [0.2, 0.25) is 5.88 Å². The molecule has 0 bridgehead atoms. The van der Waals surface area contributed by atoms with Crippen molar-refractivity contribution in [3.8, 4) is 5.88 Å². The number of aromatic nitrogens is 2. The quantitative estimate of drug-likeness (QED) is 0.811. The van der Waals surface area contributed by atoms with E-state index in [0.717, 1.165) is 18.7 Å². The van der Waals surface area contributed by atoms with Gasteiger partial charge in [-0.2, -0.15) is 0 Å². The van der Waals surface area contributed by atoms with Crippen LogP contribution in [0.25, 0.3) is 0 Å². The van der Waals surface area contributed by atoms with Crippen LogP contribution in [0.2, 0.25) is 0 Å². The highest BCUT2D eigenvalue weighted by molar-refractivity contribution is 5.41. The van der Waals surface area contributed by atoms with Crippen molar-refractivity contribution in [3.63, 3.8) is 0 Å². The largest absolute Gasteiger partial charge is 0.475 e. The average Bonchev–Trinajstić information content (AvgIpc) is 2.23. The second-order valence-electron chi connectivity index (χ2n) is 4.87. The fourth-order valence-corrected chi connectivity index (χ4v) is 1.97. The van der Waals surface area contributed by atoms with E-state index in [0.29, 0.717) is 12.4 Å². The summed E-state index contributed by atoms with van der Waals surface area (Å²) in [6.45, 7) is 4.59. The number of rotatable bonds is 5. The summed E-state index contributed by atoms with van der Waals surface area (Å²) in [5.74, 6) is 1.39. The molecule has 5 heteroatoms. The lowest BCUT2D eigenvalue weighted by Gasteiger charge is -2.42. The van der Waals surface area contributed by atoms with Crippen LogP contribution < -0.4 is 15.8 Å². The number of nitrogens with zero attached hydrogens (tertiary/aromatic N) is 2. The molecule has 0 aliphatic heterocycles. The molecule has 1 fully saturated rings. The van der Waals surface area contributed by atoms with E-state index < -0.39 is 0 Å². The minimum atomic E-state index is 0.0312. The van der Waals surface area contributed by atoms with Gasteiger partial charge in [-0.1, -0.05) is 0 Å². The SMILES string of the molecule is CC(C)Oc1cc(NC2(CN)CCC2)ncn1. The second-order valence-corrected chi connectivity index (χ2v) is 4.87. The molecule has 0 aromatic carbocycles. The van der Waals surface area contributed by atoms with Gasteiger partial charge >= 0.3 is 0 Å². The maximum Gasteiger partial charge on any atom is 0.218 e. The van der Waals surface area contributed by atoms with Crippen LogP contribution in [0.4, 0.5) is 5.82 Å². The molecule has 1 aliphatic rings. The first-order valence-electron chi connectivity index (χ1n) is 6.10. The molecular weight excluding hydrogens is 216 g/mol. The third-order valence-electron chi connectivity index (χ3n) is 3.09. The lowest BCUT2D eigenvalue weighted by molar-refractivity contribution is 0.232. The van der Waals surface area contributed by atoms with Crippen LogP contribution in [0.15, 0.2) is 12.4 Å². The van der Waals surface area contributed by atoms with Gasteiger partial charge in [0.15, 0.2) is 0 Å². The van der Waals surface area contributed by atoms with Crippen molar-refractivity contribution >= 4 is 5.82 Å². The zero-order chi connectivity index (χ0) is 12.3. The number of ether oxygens (including phenoxy) is 1. The van der Waals surface area contributed by atoms with Crippen LogP contribution in [0, 0.1) is 0 Å². The Morgan fingerprint density at radius 1 is 1.47 bits per heavy atom. The molecule has 0 amide bonds. The molecule has 1 aromatic rings. The van der Waals surface area contributed by atoms with E-state index in [9.17, 15) is 0 Å². The number of hydrogen-bond acceptors (Lipinski definition) is 5. The summed E-state index contributed by atoms with van der Waals surface area (Å²) < 4.78 is 5.53.